The molecular formula is C8H11F3O4S. The first-order valence-corrected chi connectivity index (χ1v) is 5.67. The molecule has 0 aromatic heterocycles. The van der Waals surface area contributed by atoms with E-state index in [9.17, 15) is 26.4 Å². The highest BCUT2D eigenvalue weighted by atomic mass is 32.2. The molecule has 0 aromatic carbocycles. The zero-order chi connectivity index (χ0) is 13.1. The number of carbonyl (C=O) groups excluding carboxylic acids is 1. The zero-order valence-electron chi connectivity index (χ0n) is 8.67. The molecule has 1 atom stereocenters. The molecule has 0 saturated carbocycles. The minimum atomic E-state index is -5.35. The Morgan fingerprint density at radius 3 is 2.19 bits per heavy atom. The van der Waals surface area contributed by atoms with Crippen molar-refractivity contribution >= 4 is 15.8 Å². The number of halogens is 3. The molecule has 0 amide bonds. The fourth-order valence-corrected chi connectivity index (χ4v) is 1.34. The second kappa shape index (κ2) is 4.86. The first kappa shape index (κ1) is 14.9. The number of hydrogen-bond acceptors (Lipinski definition) is 4. The molecule has 0 heterocycles. The second-order valence-electron chi connectivity index (χ2n) is 3.18. The van der Waals surface area contributed by atoms with Crippen molar-refractivity contribution in [2.24, 2.45) is 0 Å². The maximum Gasteiger partial charge on any atom is 0.497 e. The minimum absolute atomic E-state index is 0.0170. The third kappa shape index (κ3) is 3.51. The molecule has 0 N–H and O–H groups in total. The van der Waals surface area contributed by atoms with Crippen LogP contribution < -0.4 is 0 Å². The summed E-state index contributed by atoms with van der Waals surface area (Å²) in [5.74, 6) is -0.927. The van der Waals surface area contributed by atoms with Gasteiger partial charge in [0.15, 0.2) is 0 Å². The Labute approximate surface area is 91.0 Å². The van der Waals surface area contributed by atoms with Crippen molar-refractivity contribution in [2.75, 3.05) is 6.61 Å². The van der Waals surface area contributed by atoms with Crippen molar-refractivity contribution in [2.45, 2.75) is 24.6 Å². The van der Waals surface area contributed by atoms with Gasteiger partial charge in [-0.1, -0.05) is 6.58 Å². The predicted molar refractivity (Wildman–Crippen MR) is 50.2 cm³/mol. The molecular weight excluding hydrogens is 249 g/mol. The van der Waals surface area contributed by atoms with Crippen molar-refractivity contribution in [3.8, 4) is 0 Å². The molecule has 8 heteroatoms. The van der Waals surface area contributed by atoms with Gasteiger partial charge in [-0.2, -0.15) is 13.2 Å². The van der Waals surface area contributed by atoms with Gasteiger partial charge in [0.05, 0.1) is 0 Å². The van der Waals surface area contributed by atoms with Gasteiger partial charge in [0.2, 0.25) is 0 Å². The summed E-state index contributed by atoms with van der Waals surface area (Å²) in [6.07, 6.45) is 0. The molecule has 0 spiro atoms. The van der Waals surface area contributed by atoms with E-state index in [2.05, 4.69) is 11.3 Å². The van der Waals surface area contributed by atoms with E-state index in [1.807, 2.05) is 0 Å². The molecule has 16 heavy (non-hydrogen) atoms. The van der Waals surface area contributed by atoms with Crippen molar-refractivity contribution in [1.82, 2.24) is 0 Å². The highest BCUT2D eigenvalue weighted by molar-refractivity contribution is 7.92. The molecule has 0 bridgehead atoms. The lowest BCUT2D eigenvalue weighted by Crippen LogP contribution is -2.35. The summed E-state index contributed by atoms with van der Waals surface area (Å²) >= 11 is 0. The van der Waals surface area contributed by atoms with Gasteiger partial charge in [-0.25, -0.2) is 13.2 Å². The lowest BCUT2D eigenvalue weighted by molar-refractivity contribution is -0.138. The first-order valence-electron chi connectivity index (χ1n) is 4.13. The summed E-state index contributed by atoms with van der Waals surface area (Å²) in [5, 5.41) is -1.84. The van der Waals surface area contributed by atoms with Crippen LogP contribution in [0, 0.1) is 0 Å². The minimum Gasteiger partial charge on any atom is -0.461 e. The quantitative estimate of drug-likeness (QED) is 0.566. The number of carbonyl (C=O) groups is 1. The summed E-state index contributed by atoms with van der Waals surface area (Å²) < 4.78 is 62.0. The number of alkyl halides is 3. The van der Waals surface area contributed by atoms with E-state index < -0.39 is 33.2 Å². The van der Waals surface area contributed by atoms with Gasteiger partial charge in [0, 0.05) is 5.57 Å². The van der Waals surface area contributed by atoms with Crippen LogP contribution in [-0.4, -0.2) is 31.8 Å². The van der Waals surface area contributed by atoms with Gasteiger partial charge < -0.3 is 4.74 Å². The number of esters is 1. The third-order valence-electron chi connectivity index (χ3n) is 1.65. The molecule has 0 rings (SSSR count). The van der Waals surface area contributed by atoms with Gasteiger partial charge in [-0.15, -0.1) is 0 Å². The van der Waals surface area contributed by atoms with E-state index in [0.717, 1.165) is 6.92 Å². The van der Waals surface area contributed by atoms with E-state index in [4.69, 9.17) is 0 Å². The van der Waals surface area contributed by atoms with Crippen LogP contribution in [0.5, 0.6) is 0 Å². The standard InChI is InChI=1S/C8H11F3O4S/c1-5(2)7(12)15-4-6(3)16(13,14)8(9,10)11/h6H,1,4H2,2-3H3. The molecule has 1 unspecified atom stereocenters. The Balaban J connectivity index is 4.56. The van der Waals surface area contributed by atoms with Crippen LogP contribution >= 0.6 is 0 Å². The zero-order valence-corrected chi connectivity index (χ0v) is 9.48. The highest BCUT2D eigenvalue weighted by Crippen LogP contribution is 2.27. The SMILES string of the molecule is C=C(C)C(=O)OCC(C)S(=O)(=O)C(F)(F)F. The molecule has 94 valence electrons. The average Bonchev–Trinajstić information content (AvgIpc) is 2.11. The summed E-state index contributed by atoms with van der Waals surface area (Å²) in [5.41, 5.74) is -5.36. The van der Waals surface area contributed by atoms with Crippen molar-refractivity contribution in [3.63, 3.8) is 0 Å². The topological polar surface area (TPSA) is 60.4 Å². The predicted octanol–water partition coefficient (Wildman–Crippen LogP) is 1.43. The van der Waals surface area contributed by atoms with E-state index in [-0.39, 0.29) is 5.57 Å². The summed E-state index contributed by atoms with van der Waals surface area (Å²) in [6, 6.07) is 0. The summed E-state index contributed by atoms with van der Waals surface area (Å²) in [6.45, 7) is 4.45. The van der Waals surface area contributed by atoms with Gasteiger partial charge in [-0.3, -0.25) is 0 Å². The third-order valence-corrected chi connectivity index (χ3v) is 3.49. The normalized spacial score (nSPS) is 14.3. The van der Waals surface area contributed by atoms with Gasteiger partial charge in [-0.05, 0) is 13.8 Å². The molecule has 0 aliphatic carbocycles. The number of ether oxygens (including phenoxy) is 1. The van der Waals surface area contributed by atoms with Crippen LogP contribution in [-0.2, 0) is 19.4 Å². The van der Waals surface area contributed by atoms with E-state index >= 15 is 0 Å². The Hall–Kier alpha value is -1.05. The molecule has 0 radical (unpaired) electrons. The van der Waals surface area contributed by atoms with Crippen molar-refractivity contribution < 1.29 is 31.1 Å². The molecule has 4 nitrogen and oxygen atoms in total. The van der Waals surface area contributed by atoms with Crippen LogP contribution in [0.4, 0.5) is 13.2 Å². The number of hydrogen-bond donors (Lipinski definition) is 0. The molecule has 0 fully saturated rings. The first-order chi connectivity index (χ1) is 7.00. The van der Waals surface area contributed by atoms with Gasteiger partial charge in [0.25, 0.3) is 9.84 Å². The van der Waals surface area contributed by atoms with Crippen molar-refractivity contribution in [3.05, 3.63) is 12.2 Å². The lowest BCUT2D eigenvalue weighted by Gasteiger charge is -2.15. The lowest BCUT2D eigenvalue weighted by atomic mass is 10.4. The summed E-state index contributed by atoms with van der Waals surface area (Å²) in [4.78, 5) is 10.8. The monoisotopic (exact) mass is 260 g/mol. The highest BCUT2D eigenvalue weighted by Gasteiger charge is 2.49. The second-order valence-corrected chi connectivity index (χ2v) is 5.54. The fraction of sp³-hybridized carbons (Fsp3) is 0.625. The van der Waals surface area contributed by atoms with E-state index in [1.165, 1.54) is 6.92 Å². The van der Waals surface area contributed by atoms with Crippen molar-refractivity contribution in [1.29, 1.82) is 0 Å². The summed E-state index contributed by atoms with van der Waals surface area (Å²) in [7, 11) is -5.30. The Bertz CT molecular complexity index is 383. The van der Waals surface area contributed by atoms with Crippen LogP contribution in [0.2, 0.25) is 0 Å². The number of sulfone groups is 1. The van der Waals surface area contributed by atoms with Crippen LogP contribution in [0.25, 0.3) is 0 Å². The number of rotatable bonds is 4. The molecule has 0 aromatic rings. The van der Waals surface area contributed by atoms with Crippen LogP contribution in [0.3, 0.4) is 0 Å². The van der Waals surface area contributed by atoms with Crippen LogP contribution in [0.1, 0.15) is 13.8 Å². The Morgan fingerprint density at radius 2 is 1.88 bits per heavy atom. The molecule has 0 aliphatic heterocycles. The molecule has 0 saturated heterocycles. The largest absolute Gasteiger partial charge is 0.497 e. The molecule has 0 aliphatic rings. The van der Waals surface area contributed by atoms with E-state index in [0.29, 0.717) is 0 Å². The average molecular weight is 260 g/mol. The smallest absolute Gasteiger partial charge is 0.461 e. The maximum atomic E-state index is 12.0. The van der Waals surface area contributed by atoms with Gasteiger partial charge >= 0.3 is 11.5 Å². The van der Waals surface area contributed by atoms with Crippen LogP contribution in [0.15, 0.2) is 12.2 Å². The van der Waals surface area contributed by atoms with Gasteiger partial charge in [0.1, 0.15) is 11.9 Å². The Kier molecular flexibility index (Phi) is 4.54. The maximum absolute atomic E-state index is 12.0. The van der Waals surface area contributed by atoms with E-state index in [1.54, 1.807) is 0 Å². The fourth-order valence-electron chi connectivity index (χ4n) is 0.634. The Morgan fingerprint density at radius 1 is 1.44 bits per heavy atom.